The van der Waals surface area contributed by atoms with Crippen molar-refractivity contribution >= 4 is 11.8 Å². The van der Waals surface area contributed by atoms with Crippen LogP contribution in [0.2, 0.25) is 0 Å². The minimum atomic E-state index is -4.22. The topological polar surface area (TPSA) is 21.3 Å². The predicted molar refractivity (Wildman–Crippen MR) is 64.5 cm³/mol. The van der Waals surface area contributed by atoms with Gasteiger partial charge in [-0.15, -0.1) is 0 Å². The highest BCUT2D eigenvalue weighted by molar-refractivity contribution is 8.00. The Morgan fingerprint density at radius 3 is 2.47 bits per heavy atom. The molecule has 2 nitrogen and oxygen atoms in total. The van der Waals surface area contributed by atoms with Crippen molar-refractivity contribution in [3.8, 4) is 0 Å². The normalized spacial score (nSPS) is 19.8. The van der Waals surface area contributed by atoms with Gasteiger partial charge in [0.1, 0.15) is 6.61 Å². The molecule has 6 heteroatoms. The molecule has 0 radical (unpaired) electrons. The summed E-state index contributed by atoms with van der Waals surface area (Å²) < 4.78 is 40.2. The van der Waals surface area contributed by atoms with Gasteiger partial charge in [0.25, 0.3) is 0 Å². The Hall–Kier alpha value is 0.0600. The van der Waals surface area contributed by atoms with Crippen LogP contribution in [0, 0.1) is 0 Å². The maximum atomic E-state index is 11.8. The zero-order chi connectivity index (χ0) is 12.8. The number of hydrogen-bond donors (Lipinski definition) is 1. The van der Waals surface area contributed by atoms with Crippen molar-refractivity contribution in [1.82, 2.24) is 5.32 Å². The van der Waals surface area contributed by atoms with Crippen LogP contribution in [0.1, 0.15) is 25.7 Å². The molecule has 0 atom stereocenters. The fraction of sp³-hybridized carbons (Fsp3) is 1.00. The Balaban J connectivity index is 2.04. The molecule has 1 rings (SSSR count). The van der Waals surface area contributed by atoms with Crippen molar-refractivity contribution in [2.45, 2.75) is 36.6 Å². The van der Waals surface area contributed by atoms with Gasteiger partial charge in [0, 0.05) is 17.8 Å². The molecule has 0 aromatic heterocycles. The maximum Gasteiger partial charge on any atom is 0.411 e. The SMILES string of the molecule is CSC1(CNCCOCC(F)(F)F)CCCC1. The highest BCUT2D eigenvalue weighted by Gasteiger charge is 2.32. The Labute approximate surface area is 105 Å². The lowest BCUT2D eigenvalue weighted by molar-refractivity contribution is -0.173. The van der Waals surface area contributed by atoms with Gasteiger partial charge in [0.15, 0.2) is 0 Å². The van der Waals surface area contributed by atoms with Crippen LogP contribution >= 0.6 is 11.8 Å². The van der Waals surface area contributed by atoms with Crippen LogP contribution in [-0.2, 0) is 4.74 Å². The van der Waals surface area contributed by atoms with Gasteiger partial charge in [0.2, 0.25) is 0 Å². The minimum Gasteiger partial charge on any atom is -0.371 e. The van der Waals surface area contributed by atoms with Crippen molar-refractivity contribution in [1.29, 1.82) is 0 Å². The third-order valence-electron chi connectivity index (χ3n) is 3.08. The van der Waals surface area contributed by atoms with Gasteiger partial charge in [-0.05, 0) is 19.1 Å². The molecule has 1 fully saturated rings. The first-order valence-electron chi connectivity index (χ1n) is 5.88. The molecule has 1 aliphatic carbocycles. The second kappa shape index (κ2) is 6.85. The maximum absolute atomic E-state index is 11.8. The molecular weight excluding hydrogens is 251 g/mol. The number of hydrogen-bond acceptors (Lipinski definition) is 3. The summed E-state index contributed by atoms with van der Waals surface area (Å²) in [5.41, 5.74) is 0. The lowest BCUT2D eigenvalue weighted by Crippen LogP contribution is -2.36. The quantitative estimate of drug-likeness (QED) is 0.719. The van der Waals surface area contributed by atoms with Crippen molar-refractivity contribution in [2.75, 3.05) is 32.6 Å². The lowest BCUT2D eigenvalue weighted by atomic mass is 10.1. The van der Waals surface area contributed by atoms with E-state index >= 15 is 0 Å². The van der Waals surface area contributed by atoms with E-state index in [-0.39, 0.29) is 6.61 Å². The number of alkyl halides is 3. The molecule has 0 bridgehead atoms. The summed E-state index contributed by atoms with van der Waals surface area (Å²) >= 11 is 1.86. The second-order valence-corrected chi connectivity index (χ2v) is 5.71. The zero-order valence-corrected chi connectivity index (χ0v) is 10.9. The number of rotatable bonds is 7. The summed E-state index contributed by atoms with van der Waals surface area (Å²) in [5.74, 6) is 0. The van der Waals surface area contributed by atoms with E-state index in [1.54, 1.807) is 0 Å². The Morgan fingerprint density at radius 2 is 1.94 bits per heavy atom. The summed E-state index contributed by atoms with van der Waals surface area (Å²) in [6.45, 7) is 0.314. The number of halogens is 3. The fourth-order valence-corrected chi connectivity index (χ4v) is 3.06. The molecule has 1 aliphatic rings. The second-order valence-electron chi connectivity index (χ2n) is 4.44. The van der Waals surface area contributed by atoms with Crippen molar-refractivity contribution < 1.29 is 17.9 Å². The van der Waals surface area contributed by atoms with E-state index < -0.39 is 12.8 Å². The molecule has 1 N–H and O–H groups in total. The average Bonchev–Trinajstić information content (AvgIpc) is 2.71. The molecule has 1 saturated carbocycles. The van der Waals surface area contributed by atoms with Crippen LogP contribution in [0.25, 0.3) is 0 Å². The van der Waals surface area contributed by atoms with Crippen molar-refractivity contribution in [3.05, 3.63) is 0 Å². The highest BCUT2D eigenvalue weighted by Crippen LogP contribution is 2.39. The molecule has 0 heterocycles. The third-order valence-corrected chi connectivity index (χ3v) is 4.50. The first kappa shape index (κ1) is 15.1. The molecular formula is C11H20F3NOS. The zero-order valence-electron chi connectivity index (χ0n) is 10.1. The summed E-state index contributed by atoms with van der Waals surface area (Å²) in [6.07, 6.45) is 2.80. The van der Waals surface area contributed by atoms with Crippen molar-refractivity contribution in [2.24, 2.45) is 0 Å². The molecule has 0 amide bonds. The van der Waals surface area contributed by atoms with Crippen LogP contribution in [0.15, 0.2) is 0 Å². The van der Waals surface area contributed by atoms with Crippen LogP contribution in [-0.4, -0.2) is 43.5 Å². The van der Waals surface area contributed by atoms with Crippen LogP contribution in [0.3, 0.4) is 0 Å². The number of ether oxygens (including phenoxy) is 1. The summed E-state index contributed by atoms with van der Waals surface area (Å²) in [6, 6.07) is 0. The Bertz CT molecular complexity index is 217. The monoisotopic (exact) mass is 271 g/mol. The van der Waals surface area contributed by atoms with Gasteiger partial charge in [-0.2, -0.15) is 24.9 Å². The van der Waals surface area contributed by atoms with Crippen LogP contribution < -0.4 is 5.32 Å². The van der Waals surface area contributed by atoms with E-state index in [4.69, 9.17) is 0 Å². The minimum absolute atomic E-state index is 0.115. The lowest BCUT2D eigenvalue weighted by Gasteiger charge is -2.27. The molecule has 0 spiro atoms. The molecule has 0 unspecified atom stereocenters. The van der Waals surface area contributed by atoms with E-state index in [1.165, 1.54) is 25.7 Å². The van der Waals surface area contributed by atoms with Gasteiger partial charge in [-0.1, -0.05) is 12.8 Å². The highest BCUT2D eigenvalue weighted by atomic mass is 32.2. The Morgan fingerprint density at radius 1 is 1.29 bits per heavy atom. The van der Waals surface area contributed by atoms with Gasteiger partial charge < -0.3 is 10.1 Å². The number of thioether (sulfide) groups is 1. The fourth-order valence-electron chi connectivity index (χ4n) is 2.12. The van der Waals surface area contributed by atoms with E-state index in [1.807, 2.05) is 11.8 Å². The largest absolute Gasteiger partial charge is 0.411 e. The standard InChI is InChI=1S/C11H20F3NOS/c1-17-10(4-2-3-5-10)8-15-6-7-16-9-11(12,13)14/h15H,2-9H2,1H3. The van der Waals surface area contributed by atoms with E-state index in [2.05, 4.69) is 16.3 Å². The predicted octanol–water partition coefficient (Wildman–Crippen LogP) is 2.83. The molecule has 102 valence electrons. The van der Waals surface area contributed by atoms with Gasteiger partial charge >= 0.3 is 6.18 Å². The first-order chi connectivity index (χ1) is 7.97. The smallest absolute Gasteiger partial charge is 0.371 e. The first-order valence-corrected chi connectivity index (χ1v) is 7.10. The van der Waals surface area contributed by atoms with Gasteiger partial charge in [0.05, 0.1) is 6.61 Å². The Kier molecular flexibility index (Phi) is 6.09. The van der Waals surface area contributed by atoms with E-state index in [9.17, 15) is 13.2 Å². The molecule has 0 aromatic rings. The third kappa shape index (κ3) is 5.97. The molecule has 17 heavy (non-hydrogen) atoms. The van der Waals surface area contributed by atoms with Gasteiger partial charge in [-0.3, -0.25) is 0 Å². The average molecular weight is 271 g/mol. The van der Waals surface area contributed by atoms with E-state index in [0.717, 1.165) is 6.54 Å². The molecule has 0 saturated heterocycles. The van der Waals surface area contributed by atoms with E-state index in [0.29, 0.717) is 11.3 Å². The molecule has 0 aromatic carbocycles. The van der Waals surface area contributed by atoms with Crippen LogP contribution in [0.4, 0.5) is 13.2 Å². The summed E-state index contributed by atoms with van der Waals surface area (Å²) in [7, 11) is 0. The van der Waals surface area contributed by atoms with Crippen molar-refractivity contribution in [3.63, 3.8) is 0 Å². The summed E-state index contributed by atoms with van der Waals surface area (Å²) in [4.78, 5) is 0. The van der Waals surface area contributed by atoms with Crippen LogP contribution in [0.5, 0.6) is 0 Å². The molecule has 0 aliphatic heterocycles. The number of nitrogens with one attached hydrogen (secondary N) is 1. The summed E-state index contributed by atoms with van der Waals surface area (Å²) in [5, 5.41) is 3.19. The van der Waals surface area contributed by atoms with Gasteiger partial charge in [-0.25, -0.2) is 0 Å².